The van der Waals surface area contributed by atoms with Crippen LogP contribution in [0.25, 0.3) is 0 Å². The number of carbonyl (C=O) groups excluding carboxylic acids is 2. The number of hydrogen-bond donors (Lipinski definition) is 1. The normalized spacial score (nSPS) is 15.5. The lowest BCUT2D eigenvalue weighted by molar-refractivity contribution is -0.133. The Hall–Kier alpha value is -2.09. The zero-order valence-corrected chi connectivity index (χ0v) is 12.8. The van der Waals surface area contributed by atoms with E-state index in [0.29, 0.717) is 45.0 Å². The molecule has 2 rings (SSSR count). The van der Waals surface area contributed by atoms with Gasteiger partial charge < -0.3 is 15.0 Å². The monoisotopic (exact) mass is 327 g/mol. The highest BCUT2D eigenvalue weighted by Gasteiger charge is 2.25. The Morgan fingerprint density at radius 2 is 2.09 bits per heavy atom. The number of likely N-dealkylation sites (tertiary alicyclic amines) is 1. The molecule has 1 aromatic rings. The van der Waals surface area contributed by atoms with Gasteiger partial charge in [-0.25, -0.2) is 13.8 Å². The fraction of sp³-hybridized carbons (Fsp3) is 0.533. The summed E-state index contributed by atoms with van der Waals surface area (Å²) in [5, 5.41) is 2.67. The second kappa shape index (κ2) is 7.96. The van der Waals surface area contributed by atoms with Gasteiger partial charge >= 0.3 is 0 Å². The van der Waals surface area contributed by atoms with Gasteiger partial charge in [0.05, 0.1) is 19.2 Å². The van der Waals surface area contributed by atoms with Gasteiger partial charge in [-0.1, -0.05) is 0 Å². The largest absolute Gasteiger partial charge is 0.384 e. The van der Waals surface area contributed by atoms with Crippen LogP contribution in [0.15, 0.2) is 12.3 Å². The first-order valence-electron chi connectivity index (χ1n) is 7.40. The molecule has 2 heterocycles. The van der Waals surface area contributed by atoms with E-state index >= 15 is 0 Å². The predicted molar refractivity (Wildman–Crippen MR) is 77.7 cm³/mol. The molecule has 1 saturated heterocycles. The van der Waals surface area contributed by atoms with E-state index in [9.17, 15) is 18.4 Å². The molecule has 0 bridgehead atoms. The minimum Gasteiger partial charge on any atom is -0.384 e. The lowest BCUT2D eigenvalue weighted by Crippen LogP contribution is -2.47. The summed E-state index contributed by atoms with van der Waals surface area (Å²) >= 11 is 0. The summed E-state index contributed by atoms with van der Waals surface area (Å²) in [4.78, 5) is 29.0. The number of methoxy groups -OCH3 is 1. The molecule has 1 aliphatic rings. The topological polar surface area (TPSA) is 71.5 Å². The van der Waals surface area contributed by atoms with Gasteiger partial charge in [0.15, 0.2) is 11.5 Å². The van der Waals surface area contributed by atoms with Gasteiger partial charge in [-0.2, -0.15) is 0 Å². The van der Waals surface area contributed by atoms with E-state index in [1.54, 1.807) is 4.90 Å². The fourth-order valence-electron chi connectivity index (χ4n) is 2.46. The molecule has 2 amide bonds. The molecule has 0 unspecified atom stereocenters. The van der Waals surface area contributed by atoms with Crippen molar-refractivity contribution in [2.45, 2.75) is 25.3 Å². The number of nitrogens with zero attached hydrogens (tertiary/aromatic N) is 2. The summed E-state index contributed by atoms with van der Waals surface area (Å²) in [5.41, 5.74) is -0.426. The highest BCUT2D eigenvalue weighted by atomic mass is 19.1. The molecule has 0 spiro atoms. The highest BCUT2D eigenvalue weighted by Crippen LogP contribution is 2.13. The molecule has 6 nitrogen and oxygen atoms in total. The molecule has 0 saturated carbocycles. The molecule has 1 aromatic heterocycles. The predicted octanol–water partition coefficient (Wildman–Crippen LogP) is 1.12. The van der Waals surface area contributed by atoms with Crippen LogP contribution in [-0.2, 0) is 9.53 Å². The van der Waals surface area contributed by atoms with Crippen molar-refractivity contribution in [1.82, 2.24) is 15.2 Å². The fourth-order valence-corrected chi connectivity index (χ4v) is 2.46. The Bertz CT molecular complexity index is 575. The summed E-state index contributed by atoms with van der Waals surface area (Å²) < 4.78 is 31.2. The molecular weight excluding hydrogens is 308 g/mol. The Morgan fingerprint density at radius 1 is 1.39 bits per heavy atom. The van der Waals surface area contributed by atoms with E-state index < -0.39 is 23.2 Å². The first kappa shape index (κ1) is 17.3. The molecule has 0 radical (unpaired) electrons. The zero-order chi connectivity index (χ0) is 16.8. The number of halogens is 2. The number of hydrogen-bond acceptors (Lipinski definition) is 4. The summed E-state index contributed by atoms with van der Waals surface area (Å²) in [5.74, 6) is -2.48. The maximum Gasteiger partial charge on any atom is 0.273 e. The number of rotatable bonds is 5. The van der Waals surface area contributed by atoms with Crippen LogP contribution in [0.4, 0.5) is 8.78 Å². The highest BCUT2D eigenvalue weighted by molar-refractivity contribution is 5.92. The number of piperidine rings is 1. The Morgan fingerprint density at radius 3 is 2.70 bits per heavy atom. The molecule has 0 aliphatic carbocycles. The first-order valence-corrected chi connectivity index (χ1v) is 7.40. The van der Waals surface area contributed by atoms with Gasteiger partial charge in [-0.15, -0.1) is 0 Å². The first-order chi connectivity index (χ1) is 11.0. The summed E-state index contributed by atoms with van der Waals surface area (Å²) in [7, 11) is 1.54. The van der Waals surface area contributed by atoms with Crippen molar-refractivity contribution in [2.24, 2.45) is 0 Å². The van der Waals surface area contributed by atoms with Crippen LogP contribution >= 0.6 is 0 Å². The van der Waals surface area contributed by atoms with Crippen molar-refractivity contribution in [1.29, 1.82) is 0 Å². The summed E-state index contributed by atoms with van der Waals surface area (Å²) in [6.45, 7) is 1.42. The van der Waals surface area contributed by atoms with Crippen molar-refractivity contribution in [3.63, 3.8) is 0 Å². The second-order valence-corrected chi connectivity index (χ2v) is 5.36. The van der Waals surface area contributed by atoms with E-state index in [2.05, 4.69) is 10.3 Å². The lowest BCUT2D eigenvalue weighted by Gasteiger charge is -2.32. The van der Waals surface area contributed by atoms with Crippen LogP contribution in [0.1, 0.15) is 29.8 Å². The molecular formula is C15H19F2N3O3. The lowest BCUT2D eigenvalue weighted by atomic mass is 10.0. The quantitative estimate of drug-likeness (QED) is 0.880. The molecule has 1 aliphatic heterocycles. The van der Waals surface area contributed by atoms with Crippen molar-refractivity contribution < 1.29 is 23.1 Å². The van der Waals surface area contributed by atoms with E-state index in [1.807, 2.05) is 0 Å². The number of nitrogens with one attached hydrogen (secondary N) is 1. The van der Waals surface area contributed by atoms with Crippen molar-refractivity contribution in [2.75, 3.05) is 26.8 Å². The Kier molecular flexibility index (Phi) is 5.97. The van der Waals surface area contributed by atoms with Gasteiger partial charge in [0.25, 0.3) is 5.91 Å². The van der Waals surface area contributed by atoms with Gasteiger partial charge in [-0.05, 0) is 12.8 Å². The molecule has 8 heteroatoms. The average molecular weight is 327 g/mol. The van der Waals surface area contributed by atoms with Crippen molar-refractivity contribution in [3.8, 4) is 0 Å². The third-order valence-corrected chi connectivity index (χ3v) is 3.73. The van der Waals surface area contributed by atoms with Crippen LogP contribution in [0, 0.1) is 11.6 Å². The molecule has 0 atom stereocenters. The number of aromatic nitrogens is 1. The minimum absolute atomic E-state index is 0.0165. The zero-order valence-electron chi connectivity index (χ0n) is 12.8. The molecule has 1 fully saturated rings. The van der Waals surface area contributed by atoms with Crippen molar-refractivity contribution >= 4 is 11.8 Å². The van der Waals surface area contributed by atoms with Crippen LogP contribution in [-0.4, -0.2) is 54.5 Å². The van der Waals surface area contributed by atoms with Crippen LogP contribution in [0.2, 0.25) is 0 Å². The molecule has 126 valence electrons. The Labute approximate surface area is 132 Å². The summed E-state index contributed by atoms with van der Waals surface area (Å²) in [6.07, 6.45) is 2.29. The summed E-state index contributed by atoms with van der Waals surface area (Å²) in [6, 6.07) is 0.458. The number of ether oxygens (including phenoxy) is 1. The number of pyridine rings is 1. The SMILES string of the molecule is COCCC(=O)N1CCC(NC(=O)c2ncc(F)cc2F)CC1. The van der Waals surface area contributed by atoms with Gasteiger partial charge in [0, 0.05) is 32.3 Å². The smallest absolute Gasteiger partial charge is 0.273 e. The standard InChI is InChI=1S/C15H19F2N3O3/c1-23-7-4-13(21)20-5-2-11(3-6-20)19-15(22)14-12(17)8-10(16)9-18-14/h8-9,11H,2-7H2,1H3,(H,19,22). The van der Waals surface area contributed by atoms with E-state index in [-0.39, 0.29) is 11.9 Å². The second-order valence-electron chi connectivity index (χ2n) is 5.36. The molecule has 23 heavy (non-hydrogen) atoms. The molecule has 1 N–H and O–H groups in total. The van der Waals surface area contributed by atoms with Gasteiger partial charge in [-0.3, -0.25) is 9.59 Å². The van der Waals surface area contributed by atoms with E-state index in [1.165, 1.54) is 7.11 Å². The average Bonchev–Trinajstić information content (AvgIpc) is 2.53. The van der Waals surface area contributed by atoms with E-state index in [4.69, 9.17) is 4.74 Å². The maximum atomic E-state index is 13.5. The van der Waals surface area contributed by atoms with Crippen LogP contribution in [0.5, 0.6) is 0 Å². The van der Waals surface area contributed by atoms with Crippen LogP contribution in [0.3, 0.4) is 0 Å². The van der Waals surface area contributed by atoms with Gasteiger partial charge in [0.2, 0.25) is 5.91 Å². The third-order valence-electron chi connectivity index (χ3n) is 3.73. The maximum absolute atomic E-state index is 13.5. The third kappa shape index (κ3) is 4.69. The Balaban J connectivity index is 1.84. The number of amides is 2. The van der Waals surface area contributed by atoms with E-state index in [0.717, 1.165) is 6.20 Å². The minimum atomic E-state index is -0.991. The van der Waals surface area contributed by atoms with Gasteiger partial charge in [0.1, 0.15) is 5.82 Å². The number of carbonyl (C=O) groups is 2. The van der Waals surface area contributed by atoms with Crippen LogP contribution < -0.4 is 5.32 Å². The van der Waals surface area contributed by atoms with Crippen molar-refractivity contribution in [3.05, 3.63) is 29.6 Å². The molecule has 0 aromatic carbocycles.